The molecule has 0 amide bonds. The summed E-state index contributed by atoms with van der Waals surface area (Å²) in [7, 11) is -3.23. The lowest BCUT2D eigenvalue weighted by atomic mass is 10.0. The lowest BCUT2D eigenvalue weighted by Crippen LogP contribution is -2.33. The first-order valence-electron chi connectivity index (χ1n) is 23.0. The number of nitrogens with zero attached hydrogens (tertiary/aromatic N) is 1. The molecule has 1 aliphatic rings. The minimum Gasteiger partial charge on any atom is -0.468 e. The third-order valence-electron chi connectivity index (χ3n) is 10.8. The Bertz CT molecular complexity index is 1330. The average molecular weight is 845 g/mol. The van der Waals surface area contributed by atoms with Gasteiger partial charge in [-0.2, -0.15) is 0 Å². The van der Waals surface area contributed by atoms with Crippen molar-refractivity contribution >= 4 is 7.82 Å². The van der Waals surface area contributed by atoms with Crippen LogP contribution in [-0.2, 0) is 37.2 Å². The molecule has 0 aliphatic carbocycles. The van der Waals surface area contributed by atoms with Gasteiger partial charge in [-0.15, -0.1) is 4.67 Å². The molecule has 338 valence electrons. The molecule has 1 aliphatic heterocycles. The quantitative estimate of drug-likeness (QED) is 0.0213. The highest BCUT2D eigenvalue weighted by atomic mass is 31.2. The van der Waals surface area contributed by atoms with Gasteiger partial charge in [-0.1, -0.05) is 181 Å². The van der Waals surface area contributed by atoms with Gasteiger partial charge in [0.1, 0.15) is 12.4 Å². The van der Waals surface area contributed by atoms with Gasteiger partial charge >= 0.3 is 20.0 Å². The highest BCUT2D eigenvalue weighted by molar-refractivity contribution is 7.48. The molecule has 0 aromatic carbocycles. The van der Waals surface area contributed by atoms with Crippen LogP contribution in [0.2, 0.25) is 0 Å². The molecule has 2 N–H and O–H groups in total. The molecule has 0 saturated carbocycles. The number of aromatic nitrogens is 2. The predicted octanol–water partition coefficient (Wildman–Crippen LogP) is 12.5. The Kier molecular flexibility index (Phi) is 30.3. The molecule has 0 radical (unpaired) electrons. The molecule has 1 unspecified atom stereocenters. The van der Waals surface area contributed by atoms with Crippen LogP contribution in [0.15, 0.2) is 27.3 Å². The van der Waals surface area contributed by atoms with Crippen LogP contribution in [0, 0.1) is 6.92 Å². The van der Waals surface area contributed by atoms with Gasteiger partial charge in [0.05, 0.1) is 19.6 Å². The summed E-state index contributed by atoms with van der Waals surface area (Å²) in [5.41, 5.74) is -0.843. The van der Waals surface area contributed by atoms with Crippen molar-refractivity contribution in [3.63, 3.8) is 0 Å². The summed E-state index contributed by atoms with van der Waals surface area (Å²) in [4.78, 5) is 27.1. The SMILES string of the molecule is CCCCCCCCCCCCCCCCOC(OCCCCCCCCCCCCCCCC)OC1=C(COP(=O)(OC)OO)O[C@@H](n2cc(C)c(=O)[nH]c2=O)C1. The number of ether oxygens (including phenoxy) is 4. The first-order chi connectivity index (χ1) is 28.3. The van der Waals surface area contributed by atoms with Crippen molar-refractivity contribution in [2.24, 2.45) is 0 Å². The molecule has 1 aromatic rings. The maximum absolute atomic E-state index is 12.7. The maximum Gasteiger partial charge on any atom is 0.502 e. The van der Waals surface area contributed by atoms with Gasteiger partial charge in [0.15, 0.2) is 12.0 Å². The zero-order valence-corrected chi connectivity index (χ0v) is 37.7. The van der Waals surface area contributed by atoms with E-state index in [1.807, 2.05) is 0 Å². The lowest BCUT2D eigenvalue weighted by Gasteiger charge is -2.21. The Morgan fingerprint density at radius 2 is 1.14 bits per heavy atom. The van der Waals surface area contributed by atoms with Crippen molar-refractivity contribution in [3.8, 4) is 0 Å². The monoisotopic (exact) mass is 845 g/mol. The number of phosphoric acid groups is 1. The third kappa shape index (κ3) is 23.7. The normalized spacial score (nSPS) is 15.4. The van der Waals surface area contributed by atoms with Gasteiger partial charge in [0, 0.05) is 18.9 Å². The summed E-state index contributed by atoms with van der Waals surface area (Å²) in [5, 5.41) is 9.10. The highest BCUT2D eigenvalue weighted by Gasteiger charge is 2.35. The van der Waals surface area contributed by atoms with E-state index < -0.39 is 38.4 Å². The van der Waals surface area contributed by atoms with Crippen LogP contribution >= 0.6 is 7.82 Å². The second-order valence-corrected chi connectivity index (χ2v) is 17.6. The number of nitrogens with one attached hydrogen (secondary N) is 1. The van der Waals surface area contributed by atoms with Gasteiger partial charge in [-0.3, -0.25) is 23.4 Å². The first kappa shape index (κ1) is 52.1. The van der Waals surface area contributed by atoms with Gasteiger partial charge in [0.2, 0.25) is 0 Å². The second kappa shape index (κ2) is 33.7. The zero-order chi connectivity index (χ0) is 42.1. The van der Waals surface area contributed by atoms with Crippen LogP contribution in [-0.4, -0.2) is 48.2 Å². The van der Waals surface area contributed by atoms with E-state index in [-0.39, 0.29) is 17.9 Å². The van der Waals surface area contributed by atoms with Crippen molar-refractivity contribution in [1.82, 2.24) is 9.55 Å². The summed E-state index contributed by atoms with van der Waals surface area (Å²) in [5.74, 6) is 0.327. The number of aryl methyl sites for hydroxylation is 1. The fourth-order valence-corrected chi connectivity index (χ4v) is 7.65. The van der Waals surface area contributed by atoms with Crippen molar-refractivity contribution in [3.05, 3.63) is 44.1 Å². The Balaban J connectivity index is 1.89. The van der Waals surface area contributed by atoms with Crippen molar-refractivity contribution in [1.29, 1.82) is 0 Å². The van der Waals surface area contributed by atoms with Crippen molar-refractivity contribution in [2.75, 3.05) is 26.9 Å². The zero-order valence-electron chi connectivity index (χ0n) is 36.8. The number of hydrogen-bond donors (Lipinski definition) is 2. The predicted molar refractivity (Wildman–Crippen MR) is 230 cm³/mol. The summed E-state index contributed by atoms with van der Waals surface area (Å²) >= 11 is 0. The number of phosphoric ester groups is 1. The summed E-state index contributed by atoms with van der Waals surface area (Å²) < 4.78 is 52.1. The molecule has 2 atom stereocenters. The van der Waals surface area contributed by atoms with Crippen LogP contribution in [0.1, 0.15) is 212 Å². The second-order valence-electron chi connectivity index (χ2n) is 15.9. The maximum atomic E-state index is 12.7. The summed E-state index contributed by atoms with van der Waals surface area (Å²) in [6, 6.07) is 0. The first-order valence-corrected chi connectivity index (χ1v) is 24.5. The Morgan fingerprint density at radius 1 is 0.724 bits per heavy atom. The molecule has 13 nitrogen and oxygen atoms in total. The minimum atomic E-state index is -4.30. The van der Waals surface area contributed by atoms with Crippen molar-refractivity contribution < 1.29 is 42.5 Å². The fraction of sp³-hybridized carbons (Fsp3) is 0.864. The molecule has 0 bridgehead atoms. The fourth-order valence-electron chi connectivity index (χ4n) is 7.16. The number of H-pyrrole nitrogens is 1. The van der Waals surface area contributed by atoms with Crippen LogP contribution in [0.25, 0.3) is 0 Å². The van der Waals surface area contributed by atoms with E-state index >= 15 is 0 Å². The molecular formula is C44H81N2O11P. The Morgan fingerprint density at radius 3 is 1.53 bits per heavy atom. The molecule has 14 heteroatoms. The molecular weight excluding hydrogens is 763 g/mol. The van der Waals surface area contributed by atoms with E-state index in [0.29, 0.717) is 18.8 Å². The molecule has 2 heterocycles. The van der Waals surface area contributed by atoms with E-state index in [4.69, 9.17) is 33.3 Å². The molecule has 2 rings (SSSR count). The van der Waals surface area contributed by atoms with Crippen molar-refractivity contribution in [2.45, 2.75) is 220 Å². The Hall–Kier alpha value is -1.99. The molecule has 0 saturated heterocycles. The number of aromatic amines is 1. The van der Waals surface area contributed by atoms with Crippen LogP contribution in [0.5, 0.6) is 0 Å². The van der Waals surface area contributed by atoms with Crippen LogP contribution < -0.4 is 11.2 Å². The minimum absolute atomic E-state index is 0.0578. The van der Waals surface area contributed by atoms with E-state index in [1.54, 1.807) is 6.92 Å². The molecule has 0 fully saturated rings. The van der Waals surface area contributed by atoms with Gasteiger partial charge in [-0.05, 0) is 19.8 Å². The molecule has 0 spiro atoms. The number of unbranched alkanes of at least 4 members (excludes halogenated alkanes) is 26. The standard InChI is InChI=1S/C44H81N2O11P/c1-5-7-9-11-13-15-17-19-21-23-25-27-29-31-33-52-44(53-34-32-30-28-26-24-22-20-18-16-14-12-10-8-6-2)56-39-35-41(46-36-38(3)42(47)45-43(46)48)55-40(39)37-54-58(50,51-4)57-49/h36,41,44,49H,5-35,37H2,1-4H3,(H,45,47,48)/t41-,58?/m1/s1. The molecule has 1 aromatic heterocycles. The third-order valence-corrected chi connectivity index (χ3v) is 11.9. The average Bonchev–Trinajstić information content (AvgIpc) is 3.62. The van der Waals surface area contributed by atoms with E-state index in [1.165, 1.54) is 152 Å². The lowest BCUT2D eigenvalue weighted by molar-refractivity contribution is -0.273. The van der Waals surface area contributed by atoms with Gasteiger partial charge in [0.25, 0.3) is 5.56 Å². The van der Waals surface area contributed by atoms with Crippen LogP contribution in [0.3, 0.4) is 0 Å². The topological polar surface area (TPSA) is 157 Å². The highest BCUT2D eigenvalue weighted by Crippen LogP contribution is 2.48. The smallest absolute Gasteiger partial charge is 0.468 e. The number of hydrogen-bond acceptors (Lipinski definition) is 11. The summed E-state index contributed by atoms with van der Waals surface area (Å²) in [6.07, 6.45) is 35.8. The van der Waals surface area contributed by atoms with E-state index in [0.717, 1.165) is 45.6 Å². The molecule has 58 heavy (non-hydrogen) atoms. The number of rotatable bonds is 40. The van der Waals surface area contributed by atoms with Gasteiger partial charge < -0.3 is 18.9 Å². The van der Waals surface area contributed by atoms with Gasteiger partial charge in [-0.25, -0.2) is 14.6 Å². The van der Waals surface area contributed by atoms with Crippen LogP contribution in [0.4, 0.5) is 0 Å². The largest absolute Gasteiger partial charge is 0.502 e. The van der Waals surface area contributed by atoms with E-state index in [2.05, 4.69) is 23.5 Å². The Labute approximate surface area is 349 Å². The summed E-state index contributed by atoms with van der Waals surface area (Å²) in [6.45, 7) is 5.43. The van der Waals surface area contributed by atoms with E-state index in [9.17, 15) is 14.2 Å².